The fourth-order valence-electron chi connectivity index (χ4n) is 3.58. The Hall–Kier alpha value is -0.820. The molecule has 1 heteroatoms. The van der Waals surface area contributed by atoms with Crippen molar-refractivity contribution in [3.05, 3.63) is 35.4 Å². The van der Waals surface area contributed by atoms with Crippen molar-refractivity contribution in [1.82, 2.24) is 5.32 Å². The smallest absolute Gasteiger partial charge is 0.00727 e. The lowest BCUT2D eigenvalue weighted by molar-refractivity contribution is 0.449. The summed E-state index contributed by atoms with van der Waals surface area (Å²) in [6, 6.07) is 10.1. The first-order valence-electron chi connectivity index (χ1n) is 8.51. The maximum Gasteiger partial charge on any atom is 0.00727 e. The first-order valence-corrected chi connectivity index (χ1v) is 8.51. The molecular formula is C19H31N. The molecule has 0 radical (unpaired) electrons. The zero-order valence-electron chi connectivity index (χ0n) is 13.5. The molecule has 2 atom stereocenters. The summed E-state index contributed by atoms with van der Waals surface area (Å²) in [6.45, 7) is 7.94. The molecule has 0 heterocycles. The average molecular weight is 273 g/mol. The average Bonchev–Trinajstić information content (AvgIpc) is 2.64. The lowest BCUT2D eigenvalue weighted by Gasteiger charge is -2.21. The molecule has 1 fully saturated rings. The molecule has 0 bridgehead atoms. The van der Waals surface area contributed by atoms with Crippen LogP contribution in [0.3, 0.4) is 0 Å². The van der Waals surface area contributed by atoms with Crippen molar-refractivity contribution >= 4 is 0 Å². The Morgan fingerprint density at radius 1 is 1.20 bits per heavy atom. The van der Waals surface area contributed by atoms with Crippen LogP contribution in [0.4, 0.5) is 0 Å². The van der Waals surface area contributed by atoms with Gasteiger partial charge in [0.05, 0.1) is 0 Å². The number of benzene rings is 1. The Balaban J connectivity index is 2.08. The Morgan fingerprint density at radius 3 is 2.75 bits per heavy atom. The number of hydrogen-bond acceptors (Lipinski definition) is 1. The first-order chi connectivity index (χ1) is 9.69. The van der Waals surface area contributed by atoms with Crippen LogP contribution in [0.15, 0.2) is 24.3 Å². The molecule has 0 spiro atoms. The number of hydrogen-bond donors (Lipinski definition) is 1. The van der Waals surface area contributed by atoms with Crippen LogP contribution in [0.1, 0.15) is 69.9 Å². The van der Waals surface area contributed by atoms with Gasteiger partial charge < -0.3 is 5.32 Å². The van der Waals surface area contributed by atoms with Gasteiger partial charge in [-0.2, -0.15) is 0 Å². The molecule has 1 N–H and O–H groups in total. The summed E-state index contributed by atoms with van der Waals surface area (Å²) < 4.78 is 0. The third kappa shape index (κ3) is 4.63. The van der Waals surface area contributed by atoms with E-state index in [1.54, 1.807) is 5.56 Å². The van der Waals surface area contributed by atoms with Crippen LogP contribution in [-0.4, -0.2) is 12.6 Å². The largest absolute Gasteiger partial charge is 0.314 e. The fraction of sp³-hybridized carbons (Fsp3) is 0.684. The minimum Gasteiger partial charge on any atom is -0.314 e. The third-order valence-corrected chi connectivity index (χ3v) is 4.48. The molecule has 0 amide bonds. The predicted molar refractivity (Wildman–Crippen MR) is 88.3 cm³/mol. The zero-order valence-corrected chi connectivity index (χ0v) is 13.5. The lowest BCUT2D eigenvalue weighted by Crippen LogP contribution is -2.29. The highest BCUT2D eigenvalue weighted by Gasteiger charge is 2.21. The van der Waals surface area contributed by atoms with E-state index in [4.69, 9.17) is 0 Å². The van der Waals surface area contributed by atoms with E-state index >= 15 is 0 Å². The summed E-state index contributed by atoms with van der Waals surface area (Å²) in [4.78, 5) is 0. The molecule has 1 aromatic rings. The maximum absolute atomic E-state index is 3.67. The SMILES string of the molecule is CCNC1CCCCC(c2cccc(CC(C)C)c2)C1. The van der Waals surface area contributed by atoms with Gasteiger partial charge in [0, 0.05) is 6.04 Å². The zero-order chi connectivity index (χ0) is 14.4. The highest BCUT2D eigenvalue weighted by molar-refractivity contribution is 5.27. The molecule has 20 heavy (non-hydrogen) atoms. The van der Waals surface area contributed by atoms with Crippen LogP contribution in [0.5, 0.6) is 0 Å². The second kappa shape index (κ2) is 7.83. The Labute approximate surface area is 125 Å². The number of nitrogens with one attached hydrogen (secondary N) is 1. The van der Waals surface area contributed by atoms with E-state index in [9.17, 15) is 0 Å². The minimum atomic E-state index is 0.723. The van der Waals surface area contributed by atoms with Crippen molar-refractivity contribution in [2.45, 2.75) is 71.3 Å². The predicted octanol–water partition coefficient (Wildman–Crippen LogP) is 4.91. The second-order valence-electron chi connectivity index (χ2n) is 6.81. The molecule has 1 aliphatic rings. The molecule has 1 aliphatic carbocycles. The van der Waals surface area contributed by atoms with Gasteiger partial charge >= 0.3 is 0 Å². The van der Waals surface area contributed by atoms with Crippen molar-refractivity contribution < 1.29 is 0 Å². The third-order valence-electron chi connectivity index (χ3n) is 4.48. The highest BCUT2D eigenvalue weighted by atomic mass is 14.9. The van der Waals surface area contributed by atoms with Gasteiger partial charge in [0.15, 0.2) is 0 Å². The lowest BCUT2D eigenvalue weighted by atomic mass is 9.88. The molecule has 112 valence electrons. The second-order valence-corrected chi connectivity index (χ2v) is 6.81. The standard InChI is InChI=1S/C19H31N/c1-4-20-19-11-6-5-9-18(14-19)17-10-7-8-16(13-17)12-15(2)3/h7-8,10,13,15,18-20H,4-6,9,11-12,14H2,1-3H3. The van der Waals surface area contributed by atoms with Gasteiger partial charge in [-0.1, -0.05) is 57.9 Å². The Bertz CT molecular complexity index is 397. The van der Waals surface area contributed by atoms with Crippen molar-refractivity contribution in [2.24, 2.45) is 5.92 Å². The minimum absolute atomic E-state index is 0.723. The van der Waals surface area contributed by atoms with Gasteiger partial charge in [0.2, 0.25) is 0 Å². The van der Waals surface area contributed by atoms with E-state index in [1.807, 2.05) is 0 Å². The normalized spacial score (nSPS) is 23.8. The monoisotopic (exact) mass is 273 g/mol. The topological polar surface area (TPSA) is 12.0 Å². The molecule has 1 aromatic carbocycles. The van der Waals surface area contributed by atoms with Gasteiger partial charge in [-0.05, 0) is 55.2 Å². The van der Waals surface area contributed by atoms with Gasteiger partial charge in [-0.15, -0.1) is 0 Å². The van der Waals surface area contributed by atoms with E-state index in [1.165, 1.54) is 44.1 Å². The van der Waals surface area contributed by atoms with Crippen LogP contribution >= 0.6 is 0 Å². The highest BCUT2D eigenvalue weighted by Crippen LogP contribution is 2.32. The van der Waals surface area contributed by atoms with Crippen LogP contribution in [0.2, 0.25) is 0 Å². The van der Waals surface area contributed by atoms with Crippen molar-refractivity contribution in [3.8, 4) is 0 Å². The van der Waals surface area contributed by atoms with E-state index < -0.39 is 0 Å². The summed E-state index contributed by atoms with van der Waals surface area (Å²) in [6.07, 6.45) is 8.03. The summed E-state index contributed by atoms with van der Waals surface area (Å²) >= 11 is 0. The molecular weight excluding hydrogens is 242 g/mol. The quantitative estimate of drug-likeness (QED) is 0.752. The number of rotatable bonds is 5. The van der Waals surface area contributed by atoms with Crippen LogP contribution in [-0.2, 0) is 6.42 Å². The van der Waals surface area contributed by atoms with E-state index in [-0.39, 0.29) is 0 Å². The van der Waals surface area contributed by atoms with Crippen LogP contribution in [0.25, 0.3) is 0 Å². The Kier molecular flexibility index (Phi) is 6.09. The molecule has 0 aliphatic heterocycles. The fourth-order valence-corrected chi connectivity index (χ4v) is 3.58. The van der Waals surface area contributed by atoms with E-state index in [0.717, 1.165) is 24.4 Å². The van der Waals surface area contributed by atoms with Crippen molar-refractivity contribution in [2.75, 3.05) is 6.54 Å². The van der Waals surface area contributed by atoms with Gasteiger partial charge in [-0.25, -0.2) is 0 Å². The molecule has 0 saturated heterocycles. The van der Waals surface area contributed by atoms with Gasteiger partial charge in [0.25, 0.3) is 0 Å². The van der Waals surface area contributed by atoms with E-state index in [0.29, 0.717) is 0 Å². The summed E-state index contributed by atoms with van der Waals surface area (Å²) in [5.41, 5.74) is 3.09. The van der Waals surface area contributed by atoms with Gasteiger partial charge in [-0.3, -0.25) is 0 Å². The molecule has 1 nitrogen and oxygen atoms in total. The van der Waals surface area contributed by atoms with Crippen molar-refractivity contribution in [3.63, 3.8) is 0 Å². The molecule has 2 unspecified atom stereocenters. The molecule has 0 aromatic heterocycles. The van der Waals surface area contributed by atoms with Crippen LogP contribution < -0.4 is 5.32 Å². The first kappa shape index (κ1) is 15.6. The van der Waals surface area contributed by atoms with Crippen molar-refractivity contribution in [1.29, 1.82) is 0 Å². The molecule has 1 saturated carbocycles. The van der Waals surface area contributed by atoms with E-state index in [2.05, 4.69) is 50.4 Å². The maximum atomic E-state index is 3.67. The van der Waals surface area contributed by atoms with Crippen LogP contribution in [0, 0.1) is 5.92 Å². The summed E-state index contributed by atoms with van der Waals surface area (Å²) in [7, 11) is 0. The molecule has 2 rings (SSSR count). The summed E-state index contributed by atoms with van der Waals surface area (Å²) in [5.74, 6) is 1.50. The Morgan fingerprint density at radius 2 is 2.00 bits per heavy atom. The van der Waals surface area contributed by atoms with Gasteiger partial charge in [0.1, 0.15) is 0 Å². The summed E-state index contributed by atoms with van der Waals surface area (Å²) in [5, 5.41) is 3.67.